The molecule has 0 aliphatic carbocycles. The number of carboxylic acid groups (broad SMARTS) is 1. The molecule has 2 saturated heterocycles. The highest BCUT2D eigenvalue weighted by Gasteiger charge is 2.68. The number of phenolic OH excluding ortho intramolecular Hbond substituents is 1. The molecule has 2 fully saturated rings. The van der Waals surface area contributed by atoms with Crippen LogP contribution in [0.5, 0.6) is 17.2 Å². The Balaban J connectivity index is 1.61. The van der Waals surface area contributed by atoms with Crippen molar-refractivity contribution in [2.24, 2.45) is 11.8 Å². The predicted molar refractivity (Wildman–Crippen MR) is 150 cm³/mol. The van der Waals surface area contributed by atoms with Crippen molar-refractivity contribution in [2.75, 3.05) is 13.7 Å². The Bertz CT molecular complexity index is 1430. The second-order valence-electron chi connectivity index (χ2n) is 10.6. The summed E-state index contributed by atoms with van der Waals surface area (Å²) in [4.78, 5) is 42.2. The van der Waals surface area contributed by atoms with Gasteiger partial charge in [-0.15, -0.1) is 0 Å². The smallest absolute Gasteiger partial charge is 0.325 e. The Morgan fingerprint density at radius 3 is 2.37 bits per heavy atom. The standard InChI is InChI=1S/C32H34N2O7/c1-3-4-17-34-29(36)25-26(30(34)37)32(31(38)39,18-20-13-15-22(35)16-14-20)33-27(25)23-11-8-12-24(40-2)28(23)41-19-21-9-6-5-7-10-21/h5-16,25-27,33,35H,3-4,17-19H2,1-2H3,(H,38,39). The number of methoxy groups -OCH3 is 1. The minimum atomic E-state index is -1.78. The average Bonchev–Trinajstić information content (AvgIpc) is 3.45. The Morgan fingerprint density at radius 1 is 0.976 bits per heavy atom. The number of carboxylic acids is 1. The number of aliphatic carboxylic acids is 1. The lowest BCUT2D eigenvalue weighted by atomic mass is 9.76. The van der Waals surface area contributed by atoms with Crippen molar-refractivity contribution in [3.8, 4) is 17.2 Å². The first-order valence-corrected chi connectivity index (χ1v) is 13.8. The fourth-order valence-corrected chi connectivity index (χ4v) is 6.06. The molecule has 41 heavy (non-hydrogen) atoms. The number of nitrogens with zero attached hydrogens (tertiary/aromatic N) is 1. The molecular formula is C32H34N2O7. The molecule has 4 unspecified atom stereocenters. The third-order valence-corrected chi connectivity index (χ3v) is 8.07. The van der Waals surface area contributed by atoms with Crippen LogP contribution in [-0.4, -0.2) is 52.1 Å². The molecule has 4 atom stereocenters. The molecule has 3 N–H and O–H groups in total. The summed E-state index contributed by atoms with van der Waals surface area (Å²) in [6.45, 7) is 2.43. The number of benzene rings is 3. The minimum Gasteiger partial charge on any atom is -0.508 e. The van der Waals surface area contributed by atoms with Crippen LogP contribution in [0, 0.1) is 11.8 Å². The van der Waals surface area contributed by atoms with Crippen molar-refractivity contribution in [3.05, 3.63) is 89.5 Å². The topological polar surface area (TPSA) is 125 Å². The van der Waals surface area contributed by atoms with E-state index in [0.29, 0.717) is 29.0 Å². The molecule has 9 nitrogen and oxygen atoms in total. The molecule has 2 aliphatic rings. The van der Waals surface area contributed by atoms with E-state index in [1.54, 1.807) is 30.3 Å². The van der Waals surface area contributed by atoms with Crippen molar-refractivity contribution < 1.29 is 34.1 Å². The van der Waals surface area contributed by atoms with E-state index in [1.165, 1.54) is 24.1 Å². The van der Waals surface area contributed by atoms with E-state index in [2.05, 4.69) is 5.32 Å². The largest absolute Gasteiger partial charge is 0.508 e. The maximum Gasteiger partial charge on any atom is 0.325 e. The zero-order valence-corrected chi connectivity index (χ0v) is 23.1. The molecule has 0 bridgehead atoms. The van der Waals surface area contributed by atoms with Crippen molar-refractivity contribution in [1.29, 1.82) is 0 Å². The van der Waals surface area contributed by atoms with Crippen molar-refractivity contribution in [2.45, 2.75) is 44.4 Å². The molecule has 0 saturated carbocycles. The van der Waals surface area contributed by atoms with E-state index < -0.39 is 41.2 Å². The van der Waals surface area contributed by atoms with E-state index in [1.807, 2.05) is 37.3 Å². The highest BCUT2D eigenvalue weighted by molar-refractivity contribution is 6.09. The Kier molecular flexibility index (Phi) is 7.99. The normalized spacial score (nSPS) is 23.5. The third-order valence-electron chi connectivity index (χ3n) is 8.07. The molecule has 0 radical (unpaired) electrons. The number of amides is 2. The van der Waals surface area contributed by atoms with Gasteiger partial charge < -0.3 is 19.7 Å². The number of para-hydroxylation sites is 1. The number of unbranched alkanes of at least 4 members (excludes halogenated alkanes) is 1. The second-order valence-corrected chi connectivity index (χ2v) is 10.6. The van der Waals surface area contributed by atoms with Crippen molar-refractivity contribution >= 4 is 17.8 Å². The Labute approximate surface area is 238 Å². The molecule has 3 aromatic rings. The number of nitrogens with one attached hydrogen (secondary N) is 1. The monoisotopic (exact) mass is 558 g/mol. The minimum absolute atomic E-state index is 0.0442. The Morgan fingerprint density at radius 2 is 1.71 bits per heavy atom. The number of aromatic hydroxyl groups is 1. The van der Waals surface area contributed by atoms with Gasteiger partial charge in [0, 0.05) is 24.6 Å². The van der Waals surface area contributed by atoms with Gasteiger partial charge in [0.05, 0.1) is 18.9 Å². The zero-order valence-electron chi connectivity index (χ0n) is 23.1. The summed E-state index contributed by atoms with van der Waals surface area (Å²) in [5, 5.41) is 23.8. The van der Waals surface area contributed by atoms with E-state index in [9.17, 15) is 24.6 Å². The van der Waals surface area contributed by atoms with Gasteiger partial charge in [0.2, 0.25) is 11.8 Å². The lowest BCUT2D eigenvalue weighted by Gasteiger charge is -2.31. The fraction of sp³-hybridized carbons (Fsp3) is 0.344. The van der Waals surface area contributed by atoms with Gasteiger partial charge in [-0.05, 0) is 35.7 Å². The first-order valence-electron chi connectivity index (χ1n) is 13.8. The summed E-state index contributed by atoms with van der Waals surface area (Å²) >= 11 is 0. The molecule has 9 heteroatoms. The molecule has 0 aromatic heterocycles. The number of likely N-dealkylation sites (tertiary alicyclic amines) is 1. The number of phenols is 1. The van der Waals surface area contributed by atoms with E-state index in [-0.39, 0.29) is 25.3 Å². The Hall–Kier alpha value is -4.37. The lowest BCUT2D eigenvalue weighted by molar-refractivity contribution is -0.151. The van der Waals surface area contributed by atoms with Crippen LogP contribution in [0.15, 0.2) is 72.8 Å². The summed E-state index contributed by atoms with van der Waals surface area (Å²) in [6, 6.07) is 20.2. The predicted octanol–water partition coefficient (Wildman–Crippen LogP) is 4.09. The molecule has 5 rings (SSSR count). The van der Waals surface area contributed by atoms with E-state index in [0.717, 1.165) is 12.0 Å². The summed E-state index contributed by atoms with van der Waals surface area (Å²) in [5.41, 5.74) is 0.296. The number of hydrogen-bond acceptors (Lipinski definition) is 7. The molecule has 2 aliphatic heterocycles. The maximum atomic E-state index is 13.9. The number of ether oxygens (including phenoxy) is 2. The van der Waals surface area contributed by atoms with Gasteiger partial charge in [-0.1, -0.05) is 67.9 Å². The number of fused-ring (bicyclic) bond motifs is 1. The third kappa shape index (κ3) is 5.13. The molecule has 2 heterocycles. The summed E-state index contributed by atoms with van der Waals surface area (Å²) in [7, 11) is 1.52. The SMILES string of the molecule is CCCCN1C(=O)C2C(c3cccc(OC)c3OCc3ccccc3)NC(Cc3ccc(O)cc3)(C(=O)O)C2C1=O. The van der Waals surface area contributed by atoms with Gasteiger partial charge in [-0.2, -0.15) is 0 Å². The lowest BCUT2D eigenvalue weighted by Crippen LogP contribution is -2.57. The summed E-state index contributed by atoms with van der Waals surface area (Å²) in [5.74, 6) is -3.35. The number of rotatable bonds is 11. The van der Waals surface area contributed by atoms with Crippen LogP contribution in [0.2, 0.25) is 0 Å². The first-order chi connectivity index (χ1) is 19.8. The van der Waals surface area contributed by atoms with E-state index >= 15 is 0 Å². The summed E-state index contributed by atoms with van der Waals surface area (Å²) in [6.07, 6.45) is 1.34. The van der Waals surface area contributed by atoms with Crippen LogP contribution in [0.1, 0.15) is 42.5 Å². The van der Waals surface area contributed by atoms with Crippen LogP contribution < -0.4 is 14.8 Å². The van der Waals surface area contributed by atoms with Crippen LogP contribution in [-0.2, 0) is 27.4 Å². The van der Waals surface area contributed by atoms with Gasteiger partial charge >= 0.3 is 5.97 Å². The number of imide groups is 1. The van der Waals surface area contributed by atoms with Crippen LogP contribution in [0.3, 0.4) is 0 Å². The van der Waals surface area contributed by atoms with Gasteiger partial charge in [0.25, 0.3) is 0 Å². The van der Waals surface area contributed by atoms with Gasteiger partial charge in [0.1, 0.15) is 17.9 Å². The molecular weight excluding hydrogens is 524 g/mol. The van der Waals surface area contributed by atoms with Crippen molar-refractivity contribution in [1.82, 2.24) is 10.2 Å². The summed E-state index contributed by atoms with van der Waals surface area (Å²) < 4.78 is 11.9. The second kappa shape index (κ2) is 11.6. The zero-order chi connectivity index (χ0) is 29.1. The van der Waals surface area contributed by atoms with Crippen molar-refractivity contribution in [3.63, 3.8) is 0 Å². The van der Waals surface area contributed by atoms with Crippen LogP contribution >= 0.6 is 0 Å². The average molecular weight is 559 g/mol. The molecule has 214 valence electrons. The fourth-order valence-electron chi connectivity index (χ4n) is 6.06. The van der Waals surface area contributed by atoms with Gasteiger partial charge in [-0.25, -0.2) is 0 Å². The van der Waals surface area contributed by atoms with E-state index in [4.69, 9.17) is 9.47 Å². The van der Waals surface area contributed by atoms with Crippen LogP contribution in [0.4, 0.5) is 0 Å². The number of hydrogen-bond donors (Lipinski definition) is 3. The molecule has 0 spiro atoms. The maximum absolute atomic E-state index is 13.9. The highest BCUT2D eigenvalue weighted by Crippen LogP contribution is 2.52. The first kappa shape index (κ1) is 28.2. The number of carbonyl (C=O) groups is 3. The molecule has 2 amide bonds. The highest BCUT2D eigenvalue weighted by atomic mass is 16.5. The quantitative estimate of drug-likeness (QED) is 0.301. The van der Waals surface area contributed by atoms with Gasteiger partial charge in [-0.3, -0.25) is 24.6 Å². The molecule has 3 aromatic carbocycles. The number of carbonyl (C=O) groups excluding carboxylic acids is 2. The van der Waals surface area contributed by atoms with Crippen LogP contribution in [0.25, 0.3) is 0 Å². The van der Waals surface area contributed by atoms with Gasteiger partial charge in [0.15, 0.2) is 11.5 Å².